The van der Waals surface area contributed by atoms with Crippen molar-refractivity contribution in [1.82, 2.24) is 4.98 Å². The first-order valence-electron chi connectivity index (χ1n) is 9.77. The number of benzene rings is 3. The first kappa shape index (κ1) is 23.2. The minimum atomic E-state index is -0.392. The monoisotopic (exact) mass is 541 g/mol. The van der Waals surface area contributed by atoms with Crippen molar-refractivity contribution in [2.24, 2.45) is 0 Å². The summed E-state index contributed by atoms with van der Waals surface area (Å²) >= 11 is 6.17. The van der Waals surface area contributed by atoms with Crippen molar-refractivity contribution in [2.75, 3.05) is 16.4 Å². The van der Waals surface area contributed by atoms with Gasteiger partial charge >= 0.3 is 0 Å². The SMILES string of the molecule is O=C(CSc1ccc(NC(=O)c2ccc(F)cc2)cc1)Nc1nc(-c2ccc(Br)cc2)cs1. The van der Waals surface area contributed by atoms with Gasteiger partial charge in [-0.3, -0.25) is 9.59 Å². The van der Waals surface area contributed by atoms with Gasteiger partial charge in [-0.05, 0) is 60.7 Å². The molecule has 0 saturated carbocycles. The maximum atomic E-state index is 13.0. The minimum Gasteiger partial charge on any atom is -0.322 e. The molecule has 0 aliphatic heterocycles. The van der Waals surface area contributed by atoms with Gasteiger partial charge in [0.2, 0.25) is 5.91 Å². The highest BCUT2D eigenvalue weighted by atomic mass is 79.9. The van der Waals surface area contributed by atoms with Crippen molar-refractivity contribution in [3.63, 3.8) is 0 Å². The second kappa shape index (κ2) is 10.7. The van der Waals surface area contributed by atoms with Crippen LogP contribution >= 0.6 is 39.0 Å². The Bertz CT molecular complexity index is 1260. The number of rotatable bonds is 7. The van der Waals surface area contributed by atoms with Crippen LogP contribution in [0.1, 0.15) is 10.4 Å². The Morgan fingerprint density at radius 3 is 2.33 bits per heavy atom. The van der Waals surface area contributed by atoms with Crippen molar-refractivity contribution < 1.29 is 14.0 Å². The molecule has 2 N–H and O–H groups in total. The van der Waals surface area contributed by atoms with E-state index in [9.17, 15) is 14.0 Å². The van der Waals surface area contributed by atoms with E-state index in [1.807, 2.05) is 41.8 Å². The van der Waals surface area contributed by atoms with Crippen molar-refractivity contribution >= 4 is 61.7 Å². The highest BCUT2D eigenvalue weighted by molar-refractivity contribution is 9.10. The van der Waals surface area contributed by atoms with E-state index in [1.54, 1.807) is 12.1 Å². The van der Waals surface area contributed by atoms with E-state index in [0.29, 0.717) is 16.4 Å². The lowest BCUT2D eigenvalue weighted by molar-refractivity contribution is -0.113. The van der Waals surface area contributed by atoms with Gasteiger partial charge in [0.15, 0.2) is 5.13 Å². The lowest BCUT2D eigenvalue weighted by Crippen LogP contribution is -2.13. The number of hydrogen-bond donors (Lipinski definition) is 2. The zero-order valence-electron chi connectivity index (χ0n) is 17.0. The van der Waals surface area contributed by atoms with Crippen molar-refractivity contribution in [2.45, 2.75) is 4.90 Å². The molecule has 5 nitrogen and oxygen atoms in total. The van der Waals surface area contributed by atoms with E-state index in [1.165, 1.54) is 47.4 Å². The molecule has 0 radical (unpaired) electrons. The maximum absolute atomic E-state index is 13.0. The van der Waals surface area contributed by atoms with Gasteiger partial charge in [-0.25, -0.2) is 9.37 Å². The number of amides is 2. The Labute approximate surface area is 206 Å². The normalized spacial score (nSPS) is 10.6. The first-order valence-corrected chi connectivity index (χ1v) is 12.4. The Balaban J connectivity index is 1.27. The molecule has 0 spiro atoms. The third-order valence-corrected chi connectivity index (χ3v) is 6.78. The summed E-state index contributed by atoms with van der Waals surface area (Å²) in [6.45, 7) is 0. The average Bonchev–Trinajstić information content (AvgIpc) is 3.28. The van der Waals surface area contributed by atoms with Crippen LogP contribution in [-0.4, -0.2) is 22.6 Å². The van der Waals surface area contributed by atoms with Crippen LogP contribution in [0.25, 0.3) is 11.3 Å². The number of anilines is 2. The smallest absolute Gasteiger partial charge is 0.255 e. The molecule has 0 fully saturated rings. The fraction of sp³-hybridized carbons (Fsp3) is 0.0417. The molecule has 0 aliphatic carbocycles. The summed E-state index contributed by atoms with van der Waals surface area (Å²) in [7, 11) is 0. The van der Waals surface area contributed by atoms with Gasteiger partial charge in [0.25, 0.3) is 5.91 Å². The van der Waals surface area contributed by atoms with E-state index in [0.717, 1.165) is 20.6 Å². The van der Waals surface area contributed by atoms with E-state index < -0.39 is 5.82 Å². The molecule has 9 heteroatoms. The topological polar surface area (TPSA) is 71.1 Å². The van der Waals surface area contributed by atoms with Crippen LogP contribution in [0, 0.1) is 5.82 Å². The third-order valence-electron chi connectivity index (χ3n) is 4.48. The quantitative estimate of drug-likeness (QED) is 0.255. The summed E-state index contributed by atoms with van der Waals surface area (Å²) < 4.78 is 14.0. The fourth-order valence-corrected chi connectivity index (χ4v) is 4.53. The predicted molar refractivity (Wildman–Crippen MR) is 135 cm³/mol. The van der Waals surface area contributed by atoms with E-state index in [4.69, 9.17) is 0 Å². The number of thiazole rings is 1. The summed E-state index contributed by atoms with van der Waals surface area (Å²) in [5.74, 6) is -0.628. The van der Waals surface area contributed by atoms with Crippen molar-refractivity contribution in [3.05, 3.63) is 94.0 Å². The Hall–Kier alpha value is -3.01. The molecular weight excluding hydrogens is 525 g/mol. The van der Waals surface area contributed by atoms with Crippen LogP contribution in [0.2, 0.25) is 0 Å². The summed E-state index contributed by atoms with van der Waals surface area (Å²) in [4.78, 5) is 29.9. The first-order chi connectivity index (χ1) is 16.0. The van der Waals surface area contributed by atoms with Gasteiger partial charge in [-0.2, -0.15) is 0 Å². The fourth-order valence-electron chi connectivity index (χ4n) is 2.83. The van der Waals surface area contributed by atoms with Gasteiger partial charge in [0.05, 0.1) is 11.4 Å². The molecule has 2 amide bonds. The summed E-state index contributed by atoms with van der Waals surface area (Å²) in [6, 6.07) is 20.3. The number of hydrogen-bond acceptors (Lipinski definition) is 5. The Kier molecular flexibility index (Phi) is 7.54. The largest absolute Gasteiger partial charge is 0.322 e. The molecule has 0 atom stereocenters. The molecule has 1 aromatic heterocycles. The predicted octanol–water partition coefficient (Wildman–Crippen LogP) is 6.69. The number of halogens is 2. The van der Waals surface area contributed by atoms with Crippen LogP contribution in [0.5, 0.6) is 0 Å². The van der Waals surface area contributed by atoms with Crippen molar-refractivity contribution in [3.8, 4) is 11.3 Å². The van der Waals surface area contributed by atoms with E-state index in [2.05, 4.69) is 31.5 Å². The number of thioether (sulfide) groups is 1. The Morgan fingerprint density at radius 2 is 1.64 bits per heavy atom. The van der Waals surface area contributed by atoms with Gasteiger partial charge in [0.1, 0.15) is 5.82 Å². The standard InChI is InChI=1S/C24H17BrFN3O2S2/c25-17-5-1-15(2-6-17)21-13-33-24(28-21)29-22(30)14-32-20-11-9-19(10-12-20)27-23(31)16-3-7-18(26)8-4-16/h1-13H,14H2,(H,27,31)(H,28,29,30). The molecule has 33 heavy (non-hydrogen) atoms. The number of aromatic nitrogens is 1. The highest BCUT2D eigenvalue weighted by Crippen LogP contribution is 2.27. The van der Waals surface area contributed by atoms with Crippen LogP contribution < -0.4 is 10.6 Å². The number of carbonyl (C=O) groups excluding carboxylic acids is 2. The molecule has 3 aromatic carbocycles. The lowest BCUT2D eigenvalue weighted by atomic mass is 10.2. The summed E-state index contributed by atoms with van der Waals surface area (Å²) in [5, 5.41) is 8.05. The molecule has 0 saturated heterocycles. The third kappa shape index (κ3) is 6.50. The van der Waals surface area contributed by atoms with Crippen molar-refractivity contribution in [1.29, 1.82) is 0 Å². The van der Waals surface area contributed by atoms with Crippen LogP contribution in [0.3, 0.4) is 0 Å². The molecule has 166 valence electrons. The summed E-state index contributed by atoms with van der Waals surface area (Å²) in [6.07, 6.45) is 0. The minimum absolute atomic E-state index is 0.148. The Morgan fingerprint density at radius 1 is 0.939 bits per heavy atom. The zero-order chi connectivity index (χ0) is 23.2. The van der Waals surface area contributed by atoms with Crippen LogP contribution in [-0.2, 0) is 4.79 Å². The summed E-state index contributed by atoms with van der Waals surface area (Å²) in [5.41, 5.74) is 2.78. The zero-order valence-corrected chi connectivity index (χ0v) is 20.3. The average molecular weight is 542 g/mol. The number of carbonyl (C=O) groups is 2. The lowest BCUT2D eigenvalue weighted by Gasteiger charge is -2.07. The molecule has 4 rings (SSSR count). The molecule has 0 aliphatic rings. The van der Waals surface area contributed by atoms with E-state index in [-0.39, 0.29) is 17.6 Å². The number of nitrogens with zero attached hydrogens (tertiary/aromatic N) is 1. The van der Waals surface area contributed by atoms with E-state index >= 15 is 0 Å². The second-order valence-corrected chi connectivity index (χ2v) is 9.69. The van der Waals surface area contributed by atoms with Gasteiger partial charge in [0, 0.05) is 31.6 Å². The highest BCUT2D eigenvalue weighted by Gasteiger charge is 2.10. The van der Waals surface area contributed by atoms with Crippen LogP contribution in [0.4, 0.5) is 15.2 Å². The second-order valence-electron chi connectivity index (χ2n) is 6.87. The van der Waals surface area contributed by atoms with Gasteiger partial charge in [-0.1, -0.05) is 28.1 Å². The molecule has 4 aromatic rings. The molecule has 1 heterocycles. The molecule has 0 unspecified atom stereocenters. The maximum Gasteiger partial charge on any atom is 0.255 e. The number of nitrogens with one attached hydrogen (secondary N) is 2. The van der Waals surface area contributed by atoms with Gasteiger partial charge < -0.3 is 10.6 Å². The van der Waals surface area contributed by atoms with Crippen LogP contribution in [0.15, 0.2) is 87.5 Å². The van der Waals surface area contributed by atoms with Gasteiger partial charge in [-0.15, -0.1) is 23.1 Å². The molecule has 0 bridgehead atoms. The molecular formula is C24H17BrFN3O2S2.